The van der Waals surface area contributed by atoms with Crippen LogP contribution in [0.2, 0.25) is 0 Å². The van der Waals surface area contributed by atoms with Crippen molar-refractivity contribution in [3.63, 3.8) is 0 Å². The summed E-state index contributed by atoms with van der Waals surface area (Å²) in [4.78, 5) is 63.4. The molecule has 364 valence electrons. The minimum atomic E-state index is -0.571. The van der Waals surface area contributed by atoms with E-state index in [9.17, 15) is 19.2 Å². The molecule has 2 aromatic heterocycles. The molecule has 10 rings (SSSR count). The maximum Gasteiger partial charge on any atom is 0.260 e. The van der Waals surface area contributed by atoms with Gasteiger partial charge in [0.2, 0.25) is 0 Å². The number of piperidine rings is 2. The quantitative estimate of drug-likeness (QED) is 0.124. The summed E-state index contributed by atoms with van der Waals surface area (Å²) in [7, 11) is 1.86. The number of carbonyl (C=O) groups is 4. The summed E-state index contributed by atoms with van der Waals surface area (Å²) >= 11 is 1.57. The minimum absolute atomic E-state index is 0.000890. The number of likely N-dealkylation sites (tertiary alicyclic amines) is 2. The van der Waals surface area contributed by atoms with Crippen LogP contribution in [0, 0.1) is 6.92 Å². The molecule has 1 N–H and O–H groups in total. The van der Waals surface area contributed by atoms with E-state index in [0.717, 1.165) is 84.7 Å². The molecule has 0 aliphatic carbocycles. The van der Waals surface area contributed by atoms with E-state index >= 15 is 0 Å². The lowest BCUT2D eigenvalue weighted by atomic mass is 9.81. The topological polar surface area (TPSA) is 147 Å². The third kappa shape index (κ3) is 10.5. The van der Waals surface area contributed by atoms with Crippen LogP contribution in [0.25, 0.3) is 22.3 Å². The first-order valence-electron chi connectivity index (χ1n) is 24.5. The Morgan fingerprint density at radius 3 is 1.87 bits per heavy atom. The van der Waals surface area contributed by atoms with Crippen molar-refractivity contribution in [3.8, 4) is 33.8 Å². The molecule has 0 bridgehead atoms. The van der Waals surface area contributed by atoms with Gasteiger partial charge in [-0.15, -0.1) is 11.3 Å². The van der Waals surface area contributed by atoms with Crippen LogP contribution in [0.4, 0.5) is 0 Å². The van der Waals surface area contributed by atoms with E-state index in [-0.39, 0.29) is 35.5 Å². The lowest BCUT2D eigenvalue weighted by Gasteiger charge is -2.50. The number of aryl methyl sites for hydroxylation is 2. The molecule has 2 fully saturated rings. The second kappa shape index (κ2) is 20.5. The normalized spacial score (nSPS) is 17.4. The standard InChI is InChI=1S/C28H31N3O4.C28H31N3O3S/c1-18(2)31-12-10-28(11-13-31)16-25(32)24-15-22(8-9-26(24)34-28)20-4-6-21(7-5-20)27(33)29-17-23-14-19(3)30-35-23;1-19(2)31-14-12-28(13-15-31)30(3)27(33)24-16-22(8-11-26(24)34-28)20-4-6-21(7-5-20)25(32)10-9-23-17-29-18-35-23/h4-9,14-15,18H,10-13,16-17H2,1-3H3,(H,29,33);4-8,11,16-19H,9-10,12-15H2,1-3H3. The number of thiazole rings is 1. The van der Waals surface area contributed by atoms with Crippen molar-refractivity contribution in [2.75, 3.05) is 33.2 Å². The van der Waals surface area contributed by atoms with Gasteiger partial charge in [0.15, 0.2) is 23.1 Å². The third-order valence-electron chi connectivity index (χ3n) is 14.5. The van der Waals surface area contributed by atoms with Crippen LogP contribution in [-0.2, 0) is 13.0 Å². The van der Waals surface area contributed by atoms with Gasteiger partial charge in [-0.3, -0.25) is 24.2 Å². The van der Waals surface area contributed by atoms with Gasteiger partial charge in [0.05, 0.1) is 35.3 Å². The Balaban J connectivity index is 0.000000174. The summed E-state index contributed by atoms with van der Waals surface area (Å²) in [5.74, 6) is 2.03. The summed E-state index contributed by atoms with van der Waals surface area (Å²) in [5, 5.41) is 6.66. The van der Waals surface area contributed by atoms with Gasteiger partial charge in [-0.1, -0.05) is 53.7 Å². The zero-order valence-corrected chi connectivity index (χ0v) is 41.8. The van der Waals surface area contributed by atoms with Crippen LogP contribution >= 0.6 is 11.3 Å². The van der Waals surface area contributed by atoms with Crippen molar-refractivity contribution in [1.82, 2.24) is 30.2 Å². The molecule has 6 heterocycles. The molecule has 2 spiro atoms. The van der Waals surface area contributed by atoms with E-state index < -0.39 is 5.72 Å². The van der Waals surface area contributed by atoms with Crippen molar-refractivity contribution in [2.24, 2.45) is 0 Å². The molecule has 0 radical (unpaired) electrons. The molecular weight excluding hydrogens is 901 g/mol. The number of benzene rings is 4. The highest BCUT2D eigenvalue weighted by molar-refractivity contribution is 7.09. The number of hydrogen-bond acceptors (Lipinski definition) is 12. The molecule has 4 aliphatic heterocycles. The van der Waals surface area contributed by atoms with Crippen LogP contribution in [0.1, 0.15) is 124 Å². The number of nitrogens with one attached hydrogen (secondary N) is 1. The Kier molecular flexibility index (Phi) is 14.2. The van der Waals surface area contributed by atoms with Crippen molar-refractivity contribution < 1.29 is 33.2 Å². The van der Waals surface area contributed by atoms with Gasteiger partial charge in [0.1, 0.15) is 17.1 Å². The van der Waals surface area contributed by atoms with E-state index in [2.05, 4.69) is 53.0 Å². The lowest BCUT2D eigenvalue weighted by Crippen LogP contribution is -2.62. The molecule has 70 heavy (non-hydrogen) atoms. The zero-order chi connectivity index (χ0) is 49.2. The summed E-state index contributed by atoms with van der Waals surface area (Å²) in [5.41, 5.74) is 7.86. The number of amides is 2. The van der Waals surface area contributed by atoms with Crippen molar-refractivity contribution in [3.05, 3.63) is 141 Å². The molecule has 0 atom stereocenters. The molecular formula is C56H62N6O7S. The first-order chi connectivity index (χ1) is 33.7. The molecule has 4 aliphatic rings. The van der Waals surface area contributed by atoms with E-state index in [1.54, 1.807) is 39.9 Å². The van der Waals surface area contributed by atoms with Crippen LogP contribution in [0.5, 0.6) is 11.5 Å². The Morgan fingerprint density at radius 1 is 0.729 bits per heavy atom. The highest BCUT2D eigenvalue weighted by Crippen LogP contribution is 2.42. The maximum absolute atomic E-state index is 13.4. The first kappa shape index (κ1) is 48.5. The van der Waals surface area contributed by atoms with Crippen molar-refractivity contribution in [2.45, 2.75) is 110 Å². The number of Topliss-reactive ketones (excluding diaryl/α,β-unsaturated/α-hetero) is 2. The van der Waals surface area contributed by atoms with Crippen LogP contribution in [0.15, 0.2) is 107 Å². The Labute approximate surface area is 414 Å². The number of rotatable bonds is 11. The third-order valence-corrected chi connectivity index (χ3v) is 15.3. The van der Waals surface area contributed by atoms with Gasteiger partial charge in [0, 0.05) is 106 Å². The molecule has 0 unspecified atom stereocenters. The van der Waals surface area contributed by atoms with E-state index in [1.807, 2.05) is 93.0 Å². The number of ether oxygens (including phenoxy) is 2. The fourth-order valence-corrected chi connectivity index (χ4v) is 10.6. The number of carbonyl (C=O) groups excluding carboxylic acids is 4. The Hall–Kier alpha value is -6.48. The molecule has 14 heteroatoms. The number of hydrogen-bond donors (Lipinski definition) is 1. The number of ketones is 2. The van der Waals surface area contributed by atoms with Gasteiger partial charge in [0.25, 0.3) is 11.8 Å². The fraction of sp³-hybridized carbons (Fsp3) is 0.393. The van der Waals surface area contributed by atoms with Gasteiger partial charge in [-0.2, -0.15) is 0 Å². The van der Waals surface area contributed by atoms with Crippen molar-refractivity contribution in [1.29, 1.82) is 0 Å². The second-order valence-corrected chi connectivity index (χ2v) is 20.6. The predicted molar refractivity (Wildman–Crippen MR) is 271 cm³/mol. The molecule has 2 amide bonds. The molecule has 0 saturated carbocycles. The average Bonchev–Trinajstić information content (AvgIpc) is 4.06. The number of fused-ring (bicyclic) bond motifs is 2. The molecule has 13 nitrogen and oxygen atoms in total. The molecule has 6 aromatic rings. The van der Waals surface area contributed by atoms with Crippen molar-refractivity contribution >= 4 is 34.7 Å². The molecule has 4 aromatic carbocycles. The monoisotopic (exact) mass is 962 g/mol. The van der Waals surface area contributed by atoms with Gasteiger partial charge in [-0.05, 0) is 99.7 Å². The summed E-state index contributed by atoms with van der Waals surface area (Å²) in [6, 6.07) is 29.4. The average molecular weight is 963 g/mol. The highest BCUT2D eigenvalue weighted by Gasteiger charge is 2.47. The number of aromatic nitrogens is 2. The summed E-state index contributed by atoms with van der Waals surface area (Å²) < 4.78 is 18.1. The van der Waals surface area contributed by atoms with Gasteiger partial charge >= 0.3 is 0 Å². The molecule has 2 saturated heterocycles. The van der Waals surface area contributed by atoms with Gasteiger partial charge < -0.3 is 34.0 Å². The van der Waals surface area contributed by atoms with Crippen LogP contribution in [0.3, 0.4) is 0 Å². The van der Waals surface area contributed by atoms with E-state index in [0.29, 0.717) is 70.9 Å². The SMILES string of the molecule is CC(C)N1CCC2(CC1)Oc1ccc(-c3ccc(C(=O)CCc4cncs4)cc3)cc1C(=O)N2C.Cc1cc(CNC(=O)c2ccc(-c3ccc4c(c3)C(=O)CC3(CCN(C(C)C)CC3)O4)cc2)on1. The largest absolute Gasteiger partial charge is 0.486 e. The summed E-state index contributed by atoms with van der Waals surface area (Å²) in [6.45, 7) is 14.7. The smallest absolute Gasteiger partial charge is 0.260 e. The van der Waals surface area contributed by atoms with Crippen LogP contribution < -0.4 is 14.8 Å². The predicted octanol–water partition coefficient (Wildman–Crippen LogP) is 10.1. The lowest BCUT2D eigenvalue weighted by molar-refractivity contribution is -0.104. The van der Waals surface area contributed by atoms with Crippen LogP contribution in [-0.4, -0.2) is 105 Å². The Morgan fingerprint density at radius 2 is 1.30 bits per heavy atom. The first-order valence-corrected chi connectivity index (χ1v) is 25.3. The van der Waals surface area contributed by atoms with Gasteiger partial charge in [-0.25, -0.2) is 0 Å². The zero-order valence-electron chi connectivity index (χ0n) is 41.0. The van der Waals surface area contributed by atoms with E-state index in [4.69, 9.17) is 14.0 Å². The second-order valence-electron chi connectivity index (χ2n) is 19.6. The Bertz CT molecular complexity index is 2840. The minimum Gasteiger partial charge on any atom is -0.486 e. The maximum atomic E-state index is 13.4. The highest BCUT2D eigenvalue weighted by atomic mass is 32.1. The fourth-order valence-electron chi connectivity index (χ4n) is 10.0. The van der Waals surface area contributed by atoms with E-state index in [1.165, 1.54) is 0 Å². The number of nitrogens with zero attached hydrogens (tertiary/aromatic N) is 5. The summed E-state index contributed by atoms with van der Waals surface area (Å²) in [6.07, 6.45) is 6.77.